The summed E-state index contributed by atoms with van der Waals surface area (Å²) in [4.78, 5) is 31.9. The lowest BCUT2D eigenvalue weighted by Crippen LogP contribution is -2.48. The fourth-order valence-electron chi connectivity index (χ4n) is 7.99. The van der Waals surface area contributed by atoms with Crippen molar-refractivity contribution in [2.45, 2.75) is 70.5 Å². The van der Waals surface area contributed by atoms with E-state index in [0.29, 0.717) is 19.3 Å². The number of carbonyl (C=O) groups excluding carboxylic acids is 2. The Balaban J connectivity index is 1.17. The summed E-state index contributed by atoms with van der Waals surface area (Å²) in [6.45, 7) is 4.40. The zero-order valence-electron chi connectivity index (χ0n) is 25.5. The number of piperidine rings is 1. The maximum Gasteiger partial charge on any atom is 0.455 e. The Morgan fingerprint density at radius 1 is 1.05 bits per heavy atom. The van der Waals surface area contributed by atoms with Gasteiger partial charge in [0.15, 0.2) is 0 Å². The van der Waals surface area contributed by atoms with E-state index < -0.39 is 25.1 Å². The molecule has 0 spiro atoms. The number of aliphatic hydroxyl groups is 1. The molecule has 0 unspecified atom stereocenters. The minimum Gasteiger partial charge on any atom is -0.508 e. The minimum absolute atomic E-state index is 0.119. The molecule has 3 heterocycles. The van der Waals surface area contributed by atoms with Crippen LogP contribution >= 0.6 is 0 Å². The number of allylic oxidation sites excluding steroid dienone is 1. The van der Waals surface area contributed by atoms with Crippen LogP contribution in [0.4, 0.5) is 0 Å². The highest BCUT2D eigenvalue weighted by Gasteiger charge is 2.58. The second-order valence-corrected chi connectivity index (χ2v) is 12.8. The Kier molecular flexibility index (Phi) is 9.38. The van der Waals surface area contributed by atoms with Crippen molar-refractivity contribution in [3.8, 4) is 5.75 Å². The third-order valence-electron chi connectivity index (χ3n) is 10.1. The number of nitrogens with zero attached hydrogens (tertiary/aromatic N) is 2. The van der Waals surface area contributed by atoms with Crippen molar-refractivity contribution < 1.29 is 29.5 Å². The first kappa shape index (κ1) is 30.8. The third-order valence-corrected chi connectivity index (χ3v) is 10.1. The molecular formula is C35H43BN2O6. The monoisotopic (exact) mass is 598 g/mol. The van der Waals surface area contributed by atoms with Crippen molar-refractivity contribution in [2.24, 2.45) is 17.8 Å². The number of hydrogen-bond donors (Lipinski definition) is 3. The number of rotatable bonds is 9. The van der Waals surface area contributed by atoms with E-state index >= 15 is 0 Å². The number of hydrogen-bond acceptors (Lipinski definition) is 7. The maximum absolute atomic E-state index is 14.1. The van der Waals surface area contributed by atoms with Crippen LogP contribution in [0.5, 0.6) is 5.75 Å². The summed E-state index contributed by atoms with van der Waals surface area (Å²) in [7, 11) is -1.04. The lowest BCUT2D eigenvalue weighted by atomic mass is 9.58. The molecule has 3 fully saturated rings. The molecule has 44 heavy (non-hydrogen) atoms. The van der Waals surface area contributed by atoms with Crippen molar-refractivity contribution in [3.05, 3.63) is 82.4 Å². The van der Waals surface area contributed by atoms with E-state index in [-0.39, 0.29) is 42.5 Å². The summed E-state index contributed by atoms with van der Waals surface area (Å²) in [6.07, 6.45) is 5.84. The highest BCUT2D eigenvalue weighted by Crippen LogP contribution is 2.51. The number of benzene rings is 2. The minimum atomic E-state index is -1.04. The smallest absolute Gasteiger partial charge is 0.455 e. The molecule has 0 saturated carbocycles. The van der Waals surface area contributed by atoms with Crippen LogP contribution < -0.4 is 0 Å². The Labute approximate surface area is 260 Å². The van der Waals surface area contributed by atoms with Gasteiger partial charge in [0.25, 0.3) is 0 Å². The van der Waals surface area contributed by atoms with E-state index in [1.807, 2.05) is 30.3 Å². The number of phenols is 1. The Morgan fingerprint density at radius 3 is 2.52 bits per heavy atom. The van der Waals surface area contributed by atoms with Crippen LogP contribution in [0, 0.1) is 17.8 Å². The third kappa shape index (κ3) is 6.29. The van der Waals surface area contributed by atoms with Gasteiger partial charge in [-0.05, 0) is 85.2 Å². The number of aromatic hydroxyl groups is 1. The summed E-state index contributed by atoms with van der Waals surface area (Å²) in [5, 5.41) is 31.2. The average molecular weight is 599 g/mol. The summed E-state index contributed by atoms with van der Waals surface area (Å²) in [5.74, 6) is -1.37. The highest BCUT2D eigenvalue weighted by atomic mass is 16.5. The fourth-order valence-corrected chi connectivity index (χ4v) is 7.99. The first-order chi connectivity index (χ1) is 21.4. The standard InChI is InChI=1S/C35H43BN2O6/c1-2-23(17-25-9-6-10-28(40)18-25)11-12-31-32-26(22-39)19-29-33(30(32)20-36(43)44-31)35(42)38(34(29)41)27-13-15-37(16-14-27)21-24-7-4-3-5-8-24/h3-10,17-18,27,29-31,33,39-40,43H,2,11-16,19-22H2,1H3/b23-17+/t29-,30+,31-,33-/m1/s1. The molecule has 1 aliphatic carbocycles. The zero-order chi connectivity index (χ0) is 30.8. The summed E-state index contributed by atoms with van der Waals surface area (Å²) < 4.78 is 6.07. The fraction of sp³-hybridized carbons (Fsp3) is 0.486. The molecule has 0 bridgehead atoms. The largest absolute Gasteiger partial charge is 0.508 e. The molecule has 3 N–H and O–H groups in total. The van der Waals surface area contributed by atoms with Crippen LogP contribution in [0.15, 0.2) is 71.3 Å². The molecule has 8 nitrogen and oxygen atoms in total. The van der Waals surface area contributed by atoms with Crippen LogP contribution in [-0.4, -0.2) is 75.8 Å². The van der Waals surface area contributed by atoms with Crippen molar-refractivity contribution in [3.63, 3.8) is 0 Å². The van der Waals surface area contributed by atoms with Crippen LogP contribution in [-0.2, 0) is 20.8 Å². The van der Waals surface area contributed by atoms with E-state index in [1.165, 1.54) is 11.1 Å². The molecule has 6 rings (SSSR count). The molecule has 232 valence electrons. The van der Waals surface area contributed by atoms with Crippen molar-refractivity contribution >= 4 is 25.0 Å². The van der Waals surface area contributed by atoms with Crippen molar-refractivity contribution in [1.82, 2.24) is 9.80 Å². The molecule has 2 aromatic carbocycles. The number of phenolic OH excluding ortho intramolecular Hbond substituents is 1. The quantitative estimate of drug-likeness (QED) is 0.223. The van der Waals surface area contributed by atoms with Gasteiger partial charge >= 0.3 is 7.12 Å². The summed E-state index contributed by atoms with van der Waals surface area (Å²) >= 11 is 0. The van der Waals surface area contributed by atoms with E-state index in [1.54, 1.807) is 17.0 Å². The SMILES string of the molecule is CC/C(=C\c1cccc(O)c1)CC[C@H]1OB(O)C[C@H]2C1=C(CO)C[C@H]1C(=O)N(C3CCN(Cc4ccccc4)CC3)C(=O)[C@H]12. The second kappa shape index (κ2) is 13.4. The van der Waals surface area contributed by atoms with Gasteiger partial charge in [0, 0.05) is 25.7 Å². The number of likely N-dealkylation sites (tertiary alicyclic amines) is 2. The summed E-state index contributed by atoms with van der Waals surface area (Å²) in [5.41, 5.74) is 5.04. The predicted molar refractivity (Wildman–Crippen MR) is 169 cm³/mol. The van der Waals surface area contributed by atoms with E-state index in [4.69, 9.17) is 4.65 Å². The first-order valence-electron chi connectivity index (χ1n) is 16.1. The van der Waals surface area contributed by atoms with Gasteiger partial charge in [0.1, 0.15) is 5.75 Å². The van der Waals surface area contributed by atoms with Gasteiger partial charge in [-0.15, -0.1) is 0 Å². The Morgan fingerprint density at radius 2 is 1.82 bits per heavy atom. The zero-order valence-corrected chi connectivity index (χ0v) is 25.5. The van der Waals surface area contributed by atoms with Gasteiger partial charge in [-0.3, -0.25) is 19.4 Å². The molecule has 0 aromatic heterocycles. The van der Waals surface area contributed by atoms with E-state index in [9.17, 15) is 24.8 Å². The van der Waals surface area contributed by atoms with Gasteiger partial charge in [0.2, 0.25) is 11.8 Å². The van der Waals surface area contributed by atoms with E-state index in [2.05, 4.69) is 30.0 Å². The number of carbonyl (C=O) groups is 2. The van der Waals surface area contributed by atoms with Crippen molar-refractivity contribution in [1.29, 1.82) is 0 Å². The molecule has 4 atom stereocenters. The summed E-state index contributed by atoms with van der Waals surface area (Å²) in [6, 6.07) is 17.4. The van der Waals surface area contributed by atoms with Gasteiger partial charge in [-0.1, -0.05) is 61.0 Å². The van der Waals surface area contributed by atoms with Gasteiger partial charge in [0.05, 0.1) is 24.5 Å². The average Bonchev–Trinajstić information content (AvgIpc) is 3.28. The van der Waals surface area contributed by atoms with E-state index in [0.717, 1.165) is 55.6 Å². The molecule has 4 aliphatic rings. The number of fused-ring (bicyclic) bond motifs is 3. The lowest BCUT2D eigenvalue weighted by molar-refractivity contribution is -0.144. The van der Waals surface area contributed by atoms with Crippen LogP contribution in [0.1, 0.15) is 56.6 Å². The normalized spacial score (nSPS) is 26.8. The number of aliphatic hydroxyl groups excluding tert-OH is 1. The van der Waals surface area contributed by atoms with Crippen LogP contribution in [0.3, 0.4) is 0 Å². The van der Waals surface area contributed by atoms with Crippen molar-refractivity contribution in [2.75, 3.05) is 19.7 Å². The number of amides is 2. The maximum atomic E-state index is 14.1. The Bertz CT molecular complexity index is 1420. The predicted octanol–water partition coefficient (Wildman–Crippen LogP) is 4.42. The Hall–Kier alpha value is -3.24. The molecular weight excluding hydrogens is 555 g/mol. The first-order valence-corrected chi connectivity index (χ1v) is 16.1. The molecule has 9 heteroatoms. The number of imide groups is 1. The van der Waals surface area contributed by atoms with Crippen LogP contribution in [0.25, 0.3) is 6.08 Å². The second-order valence-electron chi connectivity index (χ2n) is 12.8. The van der Waals surface area contributed by atoms with Crippen LogP contribution in [0.2, 0.25) is 6.32 Å². The molecule has 0 radical (unpaired) electrons. The highest BCUT2D eigenvalue weighted by molar-refractivity contribution is 6.43. The molecule has 2 amide bonds. The van der Waals surface area contributed by atoms with Gasteiger partial charge in [-0.25, -0.2) is 0 Å². The lowest BCUT2D eigenvalue weighted by Gasteiger charge is -2.43. The molecule has 2 aromatic rings. The molecule has 3 saturated heterocycles. The topological polar surface area (TPSA) is 111 Å². The van der Waals surface area contributed by atoms with Gasteiger partial charge in [-0.2, -0.15) is 0 Å². The van der Waals surface area contributed by atoms with Gasteiger partial charge < -0.3 is 19.9 Å². The molecule has 3 aliphatic heterocycles.